The average Bonchev–Trinajstić information content (AvgIpc) is 2.87. The molecular formula is C15H13ClN2O3S. The predicted molar refractivity (Wildman–Crippen MR) is 88.9 cm³/mol. The Morgan fingerprint density at radius 2 is 2.00 bits per heavy atom. The fourth-order valence-electron chi connectivity index (χ4n) is 2.17. The summed E-state index contributed by atoms with van der Waals surface area (Å²) < 4.78 is 1.12. The Morgan fingerprint density at radius 3 is 2.64 bits per heavy atom. The molecule has 3 rings (SSSR count). The molecule has 3 aromatic rings. The van der Waals surface area contributed by atoms with Crippen molar-refractivity contribution in [1.82, 2.24) is 9.55 Å². The minimum atomic E-state index is -1.06. The number of aryl methyl sites for hydroxylation is 1. The molecule has 1 aromatic carbocycles. The van der Waals surface area contributed by atoms with Crippen LogP contribution in [0.15, 0.2) is 40.8 Å². The maximum Gasteiger partial charge on any atom is 0.323 e. The zero-order valence-corrected chi connectivity index (χ0v) is 13.3. The van der Waals surface area contributed by atoms with Crippen molar-refractivity contribution in [3.8, 4) is 11.1 Å². The summed E-state index contributed by atoms with van der Waals surface area (Å²) in [5, 5.41) is 11.2. The lowest BCUT2D eigenvalue weighted by Gasteiger charge is -2.03. The highest BCUT2D eigenvalue weighted by Gasteiger charge is 2.14. The van der Waals surface area contributed by atoms with Crippen LogP contribution in [-0.2, 0) is 11.3 Å². The van der Waals surface area contributed by atoms with Crippen LogP contribution in [0.2, 0.25) is 0 Å². The van der Waals surface area contributed by atoms with Gasteiger partial charge in [-0.05, 0) is 12.5 Å². The first-order valence-electron chi connectivity index (χ1n) is 6.32. The van der Waals surface area contributed by atoms with Crippen LogP contribution in [-0.4, -0.2) is 20.6 Å². The molecule has 0 saturated heterocycles. The van der Waals surface area contributed by atoms with Crippen LogP contribution in [0.4, 0.5) is 0 Å². The topological polar surface area (TPSA) is 72.2 Å². The van der Waals surface area contributed by atoms with E-state index in [2.05, 4.69) is 4.98 Å². The predicted octanol–water partition coefficient (Wildman–Crippen LogP) is 2.94. The van der Waals surface area contributed by atoms with Gasteiger partial charge in [0.1, 0.15) is 11.4 Å². The Morgan fingerprint density at radius 1 is 1.32 bits per heavy atom. The van der Waals surface area contributed by atoms with E-state index in [0.717, 1.165) is 21.3 Å². The Labute approximate surface area is 136 Å². The zero-order chi connectivity index (χ0) is 15.0. The molecule has 0 aliphatic carbocycles. The highest BCUT2D eigenvalue weighted by Crippen LogP contribution is 2.30. The number of benzene rings is 1. The molecule has 0 spiro atoms. The van der Waals surface area contributed by atoms with E-state index in [1.54, 1.807) is 0 Å². The smallest absolute Gasteiger partial charge is 0.323 e. The molecular weight excluding hydrogens is 324 g/mol. The van der Waals surface area contributed by atoms with Crippen molar-refractivity contribution in [2.75, 3.05) is 0 Å². The van der Waals surface area contributed by atoms with Gasteiger partial charge in [0.05, 0.1) is 11.7 Å². The number of carboxylic acid groups (broad SMARTS) is 1. The summed E-state index contributed by atoms with van der Waals surface area (Å²) in [6.45, 7) is 1.61. The van der Waals surface area contributed by atoms with Crippen LogP contribution in [0.1, 0.15) is 5.56 Å². The molecule has 1 N–H and O–H groups in total. The Kier molecular flexibility index (Phi) is 4.63. The molecule has 0 atom stereocenters. The summed E-state index contributed by atoms with van der Waals surface area (Å²) in [5.74, 6) is -1.06. The quantitative estimate of drug-likeness (QED) is 0.798. The number of carboxylic acids is 1. The van der Waals surface area contributed by atoms with E-state index >= 15 is 0 Å². The summed E-state index contributed by atoms with van der Waals surface area (Å²) in [5.41, 5.74) is 2.55. The van der Waals surface area contributed by atoms with Gasteiger partial charge in [0.15, 0.2) is 0 Å². The van der Waals surface area contributed by atoms with Gasteiger partial charge in [0.25, 0.3) is 5.56 Å². The monoisotopic (exact) mass is 336 g/mol. The highest BCUT2D eigenvalue weighted by molar-refractivity contribution is 7.17. The lowest BCUT2D eigenvalue weighted by molar-refractivity contribution is -0.137. The van der Waals surface area contributed by atoms with Gasteiger partial charge in [-0.2, -0.15) is 0 Å². The summed E-state index contributed by atoms with van der Waals surface area (Å²) in [7, 11) is 0. The van der Waals surface area contributed by atoms with E-state index in [4.69, 9.17) is 5.11 Å². The number of halogens is 1. The molecule has 5 nitrogen and oxygen atoms in total. The van der Waals surface area contributed by atoms with Crippen LogP contribution >= 0.6 is 23.7 Å². The molecule has 7 heteroatoms. The second-order valence-electron chi connectivity index (χ2n) is 4.77. The summed E-state index contributed by atoms with van der Waals surface area (Å²) in [4.78, 5) is 28.1. The van der Waals surface area contributed by atoms with Crippen molar-refractivity contribution in [2.45, 2.75) is 13.5 Å². The number of carbonyl (C=O) groups is 1. The third-order valence-electron chi connectivity index (χ3n) is 3.23. The van der Waals surface area contributed by atoms with Crippen LogP contribution in [0.5, 0.6) is 0 Å². The van der Waals surface area contributed by atoms with Gasteiger partial charge in [-0.25, -0.2) is 4.98 Å². The largest absolute Gasteiger partial charge is 0.480 e. The van der Waals surface area contributed by atoms with Crippen molar-refractivity contribution in [3.05, 3.63) is 51.9 Å². The first kappa shape index (κ1) is 16.2. The van der Waals surface area contributed by atoms with E-state index in [9.17, 15) is 9.59 Å². The number of aromatic nitrogens is 2. The lowest BCUT2D eigenvalue weighted by Crippen LogP contribution is -2.24. The first-order chi connectivity index (χ1) is 10.1. The minimum Gasteiger partial charge on any atom is -0.480 e. The molecule has 22 heavy (non-hydrogen) atoms. The Hall–Kier alpha value is -2.18. The molecule has 114 valence electrons. The summed E-state index contributed by atoms with van der Waals surface area (Å²) in [6, 6.07) is 7.85. The van der Waals surface area contributed by atoms with E-state index in [0.29, 0.717) is 10.2 Å². The summed E-state index contributed by atoms with van der Waals surface area (Å²) >= 11 is 1.38. The fourth-order valence-corrected chi connectivity index (χ4v) is 3.08. The SMILES string of the molecule is Cc1ccc(-c2csc3ncn(CC(=O)O)c(=O)c23)cc1.Cl. The maximum absolute atomic E-state index is 12.5. The number of aliphatic carboxylic acids is 1. The molecule has 0 aliphatic rings. The van der Waals surface area contributed by atoms with Gasteiger partial charge in [-0.15, -0.1) is 23.7 Å². The molecule has 0 bridgehead atoms. The number of hydrogen-bond donors (Lipinski definition) is 1. The lowest BCUT2D eigenvalue weighted by atomic mass is 10.1. The molecule has 0 unspecified atom stereocenters. The third kappa shape index (κ3) is 2.88. The first-order valence-corrected chi connectivity index (χ1v) is 7.19. The Balaban J connectivity index is 0.00000176. The maximum atomic E-state index is 12.5. The van der Waals surface area contributed by atoms with Gasteiger partial charge in [0, 0.05) is 10.9 Å². The second kappa shape index (κ2) is 6.29. The van der Waals surface area contributed by atoms with Gasteiger partial charge < -0.3 is 5.11 Å². The van der Waals surface area contributed by atoms with Crippen LogP contribution < -0.4 is 5.56 Å². The molecule has 0 saturated carbocycles. The van der Waals surface area contributed by atoms with Crippen molar-refractivity contribution in [3.63, 3.8) is 0 Å². The van der Waals surface area contributed by atoms with Gasteiger partial charge in [-0.3, -0.25) is 14.2 Å². The van der Waals surface area contributed by atoms with Gasteiger partial charge >= 0.3 is 5.97 Å². The number of rotatable bonds is 3. The number of thiophene rings is 1. The van der Waals surface area contributed by atoms with E-state index in [1.807, 2.05) is 36.6 Å². The molecule has 2 aromatic heterocycles. The molecule has 0 fully saturated rings. The minimum absolute atomic E-state index is 0. The van der Waals surface area contributed by atoms with Crippen molar-refractivity contribution < 1.29 is 9.90 Å². The molecule has 0 radical (unpaired) electrons. The van der Waals surface area contributed by atoms with Crippen LogP contribution in [0.25, 0.3) is 21.3 Å². The van der Waals surface area contributed by atoms with Crippen molar-refractivity contribution in [1.29, 1.82) is 0 Å². The van der Waals surface area contributed by atoms with Gasteiger partial charge in [-0.1, -0.05) is 29.8 Å². The Bertz CT molecular complexity index is 884. The molecule has 0 amide bonds. The third-order valence-corrected chi connectivity index (χ3v) is 4.12. The second-order valence-corrected chi connectivity index (χ2v) is 5.63. The normalized spacial score (nSPS) is 10.4. The van der Waals surface area contributed by atoms with Crippen molar-refractivity contribution >= 4 is 39.9 Å². The van der Waals surface area contributed by atoms with E-state index < -0.39 is 5.97 Å². The van der Waals surface area contributed by atoms with Crippen LogP contribution in [0.3, 0.4) is 0 Å². The van der Waals surface area contributed by atoms with Gasteiger partial charge in [0.2, 0.25) is 0 Å². The summed E-state index contributed by atoms with van der Waals surface area (Å²) in [6.07, 6.45) is 1.29. The average molecular weight is 337 g/mol. The number of nitrogens with zero attached hydrogens (tertiary/aromatic N) is 2. The molecule has 0 aliphatic heterocycles. The van der Waals surface area contributed by atoms with E-state index in [1.165, 1.54) is 17.7 Å². The fraction of sp³-hybridized carbons (Fsp3) is 0.133. The number of hydrogen-bond acceptors (Lipinski definition) is 4. The standard InChI is InChI=1S/C15H12N2O3S.ClH/c1-9-2-4-10(5-3-9)11-7-21-14-13(11)15(20)17(8-16-14)6-12(18)19;/h2-5,7-8H,6H2,1H3,(H,18,19);1H. The van der Waals surface area contributed by atoms with Crippen LogP contribution in [0, 0.1) is 6.92 Å². The van der Waals surface area contributed by atoms with Crippen molar-refractivity contribution in [2.24, 2.45) is 0 Å². The molecule has 2 heterocycles. The highest BCUT2D eigenvalue weighted by atomic mass is 35.5. The zero-order valence-electron chi connectivity index (χ0n) is 11.6. The number of fused-ring (bicyclic) bond motifs is 1. The van der Waals surface area contributed by atoms with E-state index in [-0.39, 0.29) is 24.5 Å².